The summed E-state index contributed by atoms with van der Waals surface area (Å²) in [6.45, 7) is 3.40. The van der Waals surface area contributed by atoms with Crippen LogP contribution in [0.2, 0.25) is 0 Å². The summed E-state index contributed by atoms with van der Waals surface area (Å²) in [7, 11) is 0. The molecule has 0 aliphatic carbocycles. The minimum absolute atomic E-state index is 0.438. The zero-order chi connectivity index (χ0) is 17.2. The molecular weight excluding hydrogens is 316 g/mol. The SMILES string of the molecule is ClCc1cnccn1.NCCN.NCCNCc1cnccn1. The molecule has 23 heavy (non-hydrogen) atoms. The average molecular weight is 341 g/mol. The van der Waals surface area contributed by atoms with Crippen molar-refractivity contribution in [3.8, 4) is 0 Å². The van der Waals surface area contributed by atoms with E-state index in [1.807, 2.05) is 0 Å². The summed E-state index contributed by atoms with van der Waals surface area (Å²) in [6, 6.07) is 0. The topological polar surface area (TPSA) is 142 Å². The highest BCUT2D eigenvalue weighted by Crippen LogP contribution is 1.93. The van der Waals surface area contributed by atoms with Crippen molar-refractivity contribution in [3.63, 3.8) is 0 Å². The lowest BCUT2D eigenvalue weighted by molar-refractivity contribution is 0.679. The van der Waals surface area contributed by atoms with Crippen molar-refractivity contribution < 1.29 is 0 Å². The fourth-order valence-corrected chi connectivity index (χ4v) is 1.28. The van der Waals surface area contributed by atoms with Gasteiger partial charge in [-0.05, 0) is 0 Å². The van der Waals surface area contributed by atoms with Gasteiger partial charge in [-0.3, -0.25) is 19.9 Å². The van der Waals surface area contributed by atoms with Crippen LogP contribution in [-0.4, -0.2) is 46.1 Å². The molecule has 0 aliphatic heterocycles. The minimum atomic E-state index is 0.438. The lowest BCUT2D eigenvalue weighted by Crippen LogP contribution is -2.22. The number of rotatable bonds is 6. The highest BCUT2D eigenvalue weighted by molar-refractivity contribution is 6.16. The zero-order valence-electron chi connectivity index (χ0n) is 13.1. The molecule has 0 saturated heterocycles. The molecule has 8 nitrogen and oxygen atoms in total. The Labute approximate surface area is 141 Å². The molecule has 0 unspecified atom stereocenters. The van der Waals surface area contributed by atoms with E-state index in [-0.39, 0.29) is 0 Å². The molecule has 0 aromatic carbocycles. The van der Waals surface area contributed by atoms with Crippen LogP contribution in [0.25, 0.3) is 0 Å². The first-order valence-electron chi connectivity index (χ1n) is 7.15. The summed E-state index contributed by atoms with van der Waals surface area (Å²) >= 11 is 5.42. The van der Waals surface area contributed by atoms with Gasteiger partial charge >= 0.3 is 0 Å². The third-order valence-corrected chi connectivity index (χ3v) is 2.44. The van der Waals surface area contributed by atoms with E-state index in [1.54, 1.807) is 37.2 Å². The lowest BCUT2D eigenvalue weighted by Gasteiger charge is -1.99. The number of nitrogens with two attached hydrogens (primary N) is 3. The van der Waals surface area contributed by atoms with Crippen molar-refractivity contribution in [3.05, 3.63) is 48.6 Å². The molecule has 0 saturated carbocycles. The molecule has 7 N–H and O–H groups in total. The smallest absolute Gasteiger partial charge is 0.0734 e. The number of aromatic nitrogens is 4. The second-order valence-electron chi connectivity index (χ2n) is 4.07. The highest BCUT2D eigenvalue weighted by Gasteiger charge is 1.90. The highest BCUT2D eigenvalue weighted by atomic mass is 35.5. The Kier molecular flexibility index (Phi) is 15.4. The summed E-state index contributed by atoms with van der Waals surface area (Å²) in [5.41, 5.74) is 16.9. The monoisotopic (exact) mass is 340 g/mol. The van der Waals surface area contributed by atoms with E-state index in [0.29, 0.717) is 25.5 Å². The maximum absolute atomic E-state index is 5.42. The van der Waals surface area contributed by atoms with E-state index < -0.39 is 0 Å². The fraction of sp³-hybridized carbons (Fsp3) is 0.429. The third kappa shape index (κ3) is 13.7. The van der Waals surface area contributed by atoms with Crippen LogP contribution in [-0.2, 0) is 12.4 Å². The first kappa shape index (κ1) is 21.3. The van der Waals surface area contributed by atoms with E-state index >= 15 is 0 Å². The molecule has 0 amide bonds. The second-order valence-corrected chi connectivity index (χ2v) is 4.34. The van der Waals surface area contributed by atoms with E-state index in [2.05, 4.69) is 25.3 Å². The molecule has 0 fully saturated rings. The van der Waals surface area contributed by atoms with Gasteiger partial charge in [-0.15, -0.1) is 11.6 Å². The van der Waals surface area contributed by atoms with Crippen LogP contribution in [0.1, 0.15) is 11.4 Å². The fourth-order valence-electron chi connectivity index (χ4n) is 1.14. The molecule has 2 aromatic rings. The van der Waals surface area contributed by atoms with Crippen molar-refractivity contribution in [1.29, 1.82) is 0 Å². The van der Waals surface area contributed by atoms with Gasteiger partial charge in [0.1, 0.15) is 0 Å². The van der Waals surface area contributed by atoms with Crippen LogP contribution < -0.4 is 22.5 Å². The summed E-state index contributed by atoms with van der Waals surface area (Å²) in [4.78, 5) is 15.7. The number of nitrogens with zero attached hydrogens (tertiary/aromatic N) is 4. The van der Waals surface area contributed by atoms with Gasteiger partial charge in [-0.1, -0.05) is 0 Å². The predicted octanol–water partition coefficient (Wildman–Crippen LogP) is -0.356. The first-order chi connectivity index (χ1) is 11.3. The van der Waals surface area contributed by atoms with Gasteiger partial charge in [-0.2, -0.15) is 0 Å². The van der Waals surface area contributed by atoms with Crippen molar-refractivity contribution in [1.82, 2.24) is 25.3 Å². The molecule has 0 spiro atoms. The summed E-state index contributed by atoms with van der Waals surface area (Å²) in [6.07, 6.45) is 9.97. The Morgan fingerprint density at radius 1 is 0.826 bits per heavy atom. The van der Waals surface area contributed by atoms with Crippen LogP contribution in [0.4, 0.5) is 0 Å². The largest absolute Gasteiger partial charge is 0.329 e. The Balaban J connectivity index is 0.000000354. The Bertz CT molecular complexity index is 455. The maximum Gasteiger partial charge on any atom is 0.0734 e. The number of halogens is 1. The van der Waals surface area contributed by atoms with Gasteiger partial charge in [0.15, 0.2) is 0 Å². The normalized spacial score (nSPS) is 9.22. The molecule has 128 valence electrons. The van der Waals surface area contributed by atoms with Crippen LogP contribution >= 0.6 is 11.6 Å². The van der Waals surface area contributed by atoms with E-state index in [0.717, 1.165) is 24.5 Å². The summed E-state index contributed by atoms with van der Waals surface area (Å²) < 4.78 is 0. The van der Waals surface area contributed by atoms with E-state index in [4.69, 9.17) is 28.8 Å². The summed E-state index contributed by atoms with van der Waals surface area (Å²) in [5, 5.41) is 3.12. The maximum atomic E-state index is 5.42. The number of hydrogen-bond donors (Lipinski definition) is 4. The first-order valence-corrected chi connectivity index (χ1v) is 7.68. The van der Waals surface area contributed by atoms with Gasteiger partial charge in [0.25, 0.3) is 0 Å². The molecule has 0 radical (unpaired) electrons. The molecule has 9 heteroatoms. The molecular formula is C14H25ClN8. The van der Waals surface area contributed by atoms with Crippen LogP contribution in [0.3, 0.4) is 0 Å². The van der Waals surface area contributed by atoms with Gasteiger partial charge in [0, 0.05) is 69.9 Å². The molecule has 0 aliphatic rings. The lowest BCUT2D eigenvalue weighted by atomic mass is 10.4. The quantitative estimate of drug-likeness (QED) is 0.412. The van der Waals surface area contributed by atoms with Crippen molar-refractivity contribution >= 4 is 11.6 Å². The standard InChI is InChI=1S/C7H12N4.C5H5ClN2.C2H8N2/c8-1-2-9-5-7-6-10-3-4-11-7;6-3-5-4-7-1-2-8-5;3-1-2-4/h3-4,6,9H,1-2,5,8H2;1-2,4H,3H2;1-4H2. The van der Waals surface area contributed by atoms with E-state index in [9.17, 15) is 0 Å². The van der Waals surface area contributed by atoms with Gasteiger partial charge in [0.2, 0.25) is 0 Å². The van der Waals surface area contributed by atoms with Gasteiger partial charge in [-0.25, -0.2) is 0 Å². The molecule has 2 rings (SSSR count). The average Bonchev–Trinajstić information content (AvgIpc) is 2.64. The van der Waals surface area contributed by atoms with E-state index in [1.165, 1.54) is 0 Å². The van der Waals surface area contributed by atoms with Crippen molar-refractivity contribution in [2.75, 3.05) is 26.2 Å². The number of nitrogens with one attached hydrogen (secondary N) is 1. The second kappa shape index (κ2) is 16.7. The molecule has 2 aromatic heterocycles. The third-order valence-electron chi connectivity index (χ3n) is 2.16. The zero-order valence-corrected chi connectivity index (χ0v) is 13.9. The summed E-state index contributed by atoms with van der Waals surface area (Å²) in [5.74, 6) is 0.438. The van der Waals surface area contributed by atoms with Crippen LogP contribution in [0.15, 0.2) is 37.2 Å². The number of alkyl halides is 1. The Morgan fingerprint density at radius 2 is 1.39 bits per heavy atom. The molecule has 0 atom stereocenters. The van der Waals surface area contributed by atoms with Gasteiger partial charge in [0.05, 0.1) is 17.3 Å². The van der Waals surface area contributed by atoms with Gasteiger partial charge < -0.3 is 22.5 Å². The minimum Gasteiger partial charge on any atom is -0.329 e. The number of hydrogen-bond acceptors (Lipinski definition) is 8. The Morgan fingerprint density at radius 3 is 1.74 bits per heavy atom. The van der Waals surface area contributed by atoms with Crippen molar-refractivity contribution in [2.45, 2.75) is 12.4 Å². The predicted molar refractivity (Wildman–Crippen MR) is 92.5 cm³/mol. The molecule has 2 heterocycles. The molecule has 0 bridgehead atoms. The Hall–Kier alpha value is -1.71. The van der Waals surface area contributed by atoms with Crippen LogP contribution in [0.5, 0.6) is 0 Å². The van der Waals surface area contributed by atoms with Crippen LogP contribution in [0, 0.1) is 0 Å². The van der Waals surface area contributed by atoms with Crippen molar-refractivity contribution in [2.24, 2.45) is 17.2 Å².